The first-order chi connectivity index (χ1) is 22.2. The quantitative estimate of drug-likeness (QED) is 0.102. The fourth-order valence-electron chi connectivity index (χ4n) is 6.42. The van der Waals surface area contributed by atoms with E-state index in [4.69, 9.17) is 9.47 Å². The van der Waals surface area contributed by atoms with Gasteiger partial charge in [-0.3, -0.25) is 28.9 Å². The summed E-state index contributed by atoms with van der Waals surface area (Å²) in [5.41, 5.74) is -0.556. The van der Waals surface area contributed by atoms with Gasteiger partial charge in [-0.05, 0) is 37.6 Å². The van der Waals surface area contributed by atoms with Crippen molar-refractivity contribution >= 4 is 29.6 Å². The minimum Gasteiger partial charge on any atom is -0.467 e. The summed E-state index contributed by atoms with van der Waals surface area (Å²) in [5.74, 6) is -3.54. The van der Waals surface area contributed by atoms with Crippen molar-refractivity contribution in [3.8, 4) is 5.75 Å². The molecule has 248 valence electrons. The van der Waals surface area contributed by atoms with Crippen LogP contribution in [-0.2, 0) is 14.3 Å². The van der Waals surface area contributed by atoms with Gasteiger partial charge in [-0.1, -0.05) is 96.4 Å². The molecule has 0 N–H and O–H groups in total. The van der Waals surface area contributed by atoms with E-state index in [1.807, 2.05) is 13.8 Å². The van der Waals surface area contributed by atoms with Gasteiger partial charge in [-0.25, -0.2) is 4.90 Å². The summed E-state index contributed by atoms with van der Waals surface area (Å²) < 4.78 is 12.1. The number of unbranched alkanes of at least 4 members (excludes halogenated alkanes) is 8. The molecule has 2 aliphatic heterocycles. The molecule has 0 unspecified atom stereocenters. The maximum absolute atomic E-state index is 14.6. The van der Waals surface area contributed by atoms with E-state index in [-0.39, 0.29) is 29.7 Å². The number of carbonyl (C=O) groups excluding carboxylic acids is 5. The molecule has 0 radical (unpaired) electrons. The zero-order chi connectivity index (χ0) is 33.3. The van der Waals surface area contributed by atoms with Gasteiger partial charge in [0, 0.05) is 25.8 Å². The second kappa shape index (κ2) is 16.0. The first-order valence-electron chi connectivity index (χ1n) is 17.0. The van der Waals surface area contributed by atoms with Crippen molar-refractivity contribution in [2.45, 2.75) is 117 Å². The zero-order valence-corrected chi connectivity index (χ0v) is 27.7. The molecule has 2 atom stereocenters. The van der Waals surface area contributed by atoms with Crippen LogP contribution in [0.1, 0.15) is 136 Å². The standard InChI is InChI=1S/C37H48N2O7/c1-5-8-9-10-11-12-13-14-15-24-32(40)45-26(4)30(25-38-33(41)27-20-16-17-21-28(27)34(38)42)36(44)39-35(43)29-22-18-19-23-31(29)46-37(39,6-2)7-3/h16-23,26,30H,5-15,24-25H2,1-4H3/t26-,30-/m0/s1. The molecule has 0 saturated carbocycles. The van der Waals surface area contributed by atoms with Crippen LogP contribution in [0.2, 0.25) is 0 Å². The molecule has 9 heteroatoms. The Kier molecular flexibility index (Phi) is 12.1. The summed E-state index contributed by atoms with van der Waals surface area (Å²) in [4.78, 5) is 70.3. The highest BCUT2D eigenvalue weighted by Gasteiger charge is 2.51. The number of benzene rings is 2. The molecule has 2 heterocycles. The highest BCUT2D eigenvalue weighted by Crippen LogP contribution is 2.39. The zero-order valence-electron chi connectivity index (χ0n) is 27.7. The summed E-state index contributed by atoms with van der Waals surface area (Å²) >= 11 is 0. The second-order valence-corrected chi connectivity index (χ2v) is 12.4. The third kappa shape index (κ3) is 7.51. The molecule has 46 heavy (non-hydrogen) atoms. The molecule has 0 saturated heterocycles. The van der Waals surface area contributed by atoms with Crippen molar-refractivity contribution in [3.05, 3.63) is 65.2 Å². The molecule has 4 amide bonds. The van der Waals surface area contributed by atoms with E-state index in [9.17, 15) is 24.0 Å². The Morgan fingerprint density at radius 1 is 0.739 bits per heavy atom. The van der Waals surface area contributed by atoms with Crippen molar-refractivity contribution in [1.29, 1.82) is 0 Å². The minimum atomic E-state index is -1.29. The van der Waals surface area contributed by atoms with Gasteiger partial charge in [0.2, 0.25) is 5.91 Å². The van der Waals surface area contributed by atoms with Crippen LogP contribution in [0.4, 0.5) is 0 Å². The van der Waals surface area contributed by atoms with Gasteiger partial charge in [-0.2, -0.15) is 0 Å². The lowest BCUT2D eigenvalue weighted by Crippen LogP contribution is -2.63. The third-order valence-electron chi connectivity index (χ3n) is 9.30. The molecule has 0 spiro atoms. The number of hydrogen-bond donors (Lipinski definition) is 0. The molecule has 9 nitrogen and oxygen atoms in total. The lowest BCUT2D eigenvalue weighted by atomic mass is 9.94. The van der Waals surface area contributed by atoms with E-state index < -0.39 is 47.3 Å². The lowest BCUT2D eigenvalue weighted by molar-refractivity contribution is -0.163. The number of imide groups is 2. The lowest BCUT2D eigenvalue weighted by Gasteiger charge is -2.46. The number of fused-ring (bicyclic) bond motifs is 2. The summed E-state index contributed by atoms with van der Waals surface area (Å²) in [5, 5.41) is 0. The van der Waals surface area contributed by atoms with Crippen LogP contribution in [0.5, 0.6) is 5.75 Å². The maximum Gasteiger partial charge on any atom is 0.306 e. The Bertz CT molecular complexity index is 1380. The van der Waals surface area contributed by atoms with Crippen molar-refractivity contribution in [1.82, 2.24) is 9.80 Å². The molecule has 0 fully saturated rings. The number of rotatable bonds is 17. The van der Waals surface area contributed by atoms with Crippen LogP contribution >= 0.6 is 0 Å². The van der Waals surface area contributed by atoms with Gasteiger partial charge in [0.05, 0.1) is 22.6 Å². The van der Waals surface area contributed by atoms with Gasteiger partial charge in [0.1, 0.15) is 11.9 Å². The Morgan fingerprint density at radius 2 is 1.26 bits per heavy atom. The molecule has 0 aliphatic carbocycles. The van der Waals surface area contributed by atoms with E-state index in [0.29, 0.717) is 25.0 Å². The Morgan fingerprint density at radius 3 is 1.83 bits per heavy atom. The Balaban J connectivity index is 1.52. The fraction of sp³-hybridized carbons (Fsp3) is 0.541. The van der Waals surface area contributed by atoms with Gasteiger partial charge in [-0.15, -0.1) is 0 Å². The SMILES string of the molecule is CCCCCCCCCCCC(=O)O[C@@H](C)[C@H](CN1C(=O)c2ccccc2C1=O)C(=O)N1C(=O)c2ccccc2OC1(CC)CC. The van der Waals surface area contributed by atoms with Gasteiger partial charge >= 0.3 is 5.97 Å². The van der Waals surface area contributed by atoms with Crippen LogP contribution in [0.3, 0.4) is 0 Å². The van der Waals surface area contributed by atoms with Crippen molar-refractivity contribution in [2.24, 2.45) is 5.92 Å². The normalized spacial score (nSPS) is 16.5. The minimum absolute atomic E-state index is 0.196. The van der Waals surface area contributed by atoms with Crippen molar-refractivity contribution in [3.63, 3.8) is 0 Å². The van der Waals surface area contributed by atoms with Crippen LogP contribution in [0.25, 0.3) is 0 Å². The summed E-state index contributed by atoms with van der Waals surface area (Å²) in [6, 6.07) is 13.2. The van der Waals surface area contributed by atoms with E-state index >= 15 is 0 Å². The first-order valence-corrected chi connectivity index (χ1v) is 17.0. The van der Waals surface area contributed by atoms with E-state index in [0.717, 1.165) is 29.1 Å². The predicted octanol–water partition coefficient (Wildman–Crippen LogP) is 7.33. The molecule has 4 rings (SSSR count). The monoisotopic (exact) mass is 632 g/mol. The van der Waals surface area contributed by atoms with E-state index in [1.165, 1.54) is 32.1 Å². The summed E-state index contributed by atoms with van der Waals surface area (Å²) in [6.45, 7) is 7.09. The molecular weight excluding hydrogens is 584 g/mol. The average Bonchev–Trinajstić information content (AvgIpc) is 3.30. The molecule has 2 aromatic carbocycles. The van der Waals surface area contributed by atoms with Crippen LogP contribution in [0.15, 0.2) is 48.5 Å². The van der Waals surface area contributed by atoms with E-state index in [2.05, 4.69) is 6.92 Å². The van der Waals surface area contributed by atoms with Crippen LogP contribution in [-0.4, -0.2) is 57.8 Å². The number of ether oxygens (including phenoxy) is 2. The number of nitrogens with zero attached hydrogens (tertiary/aromatic N) is 2. The highest BCUT2D eigenvalue weighted by molar-refractivity contribution is 6.21. The number of esters is 1. The van der Waals surface area contributed by atoms with Crippen molar-refractivity contribution in [2.75, 3.05) is 6.54 Å². The Labute approximate surface area is 272 Å². The molecule has 0 bridgehead atoms. The van der Waals surface area contributed by atoms with Crippen molar-refractivity contribution < 1.29 is 33.4 Å². The van der Waals surface area contributed by atoms with Crippen LogP contribution < -0.4 is 4.74 Å². The van der Waals surface area contributed by atoms with Crippen LogP contribution in [0, 0.1) is 5.92 Å². The largest absolute Gasteiger partial charge is 0.467 e. The van der Waals surface area contributed by atoms with Gasteiger partial charge in [0.25, 0.3) is 17.7 Å². The number of amides is 4. The number of para-hydroxylation sites is 1. The van der Waals surface area contributed by atoms with Gasteiger partial charge < -0.3 is 9.47 Å². The molecule has 2 aliphatic rings. The molecule has 2 aromatic rings. The highest BCUT2D eigenvalue weighted by atomic mass is 16.5. The fourth-order valence-corrected chi connectivity index (χ4v) is 6.42. The average molecular weight is 633 g/mol. The predicted molar refractivity (Wildman–Crippen MR) is 174 cm³/mol. The number of hydrogen-bond acceptors (Lipinski definition) is 7. The Hall–Kier alpha value is -4.01. The molecular formula is C37H48N2O7. The topological polar surface area (TPSA) is 110 Å². The maximum atomic E-state index is 14.6. The second-order valence-electron chi connectivity index (χ2n) is 12.4. The first kappa shape index (κ1) is 34.9. The molecule has 0 aromatic heterocycles. The summed E-state index contributed by atoms with van der Waals surface area (Å²) in [7, 11) is 0. The van der Waals surface area contributed by atoms with Gasteiger partial charge in [0.15, 0.2) is 5.72 Å². The number of carbonyl (C=O) groups is 5. The smallest absolute Gasteiger partial charge is 0.306 e. The third-order valence-corrected chi connectivity index (χ3v) is 9.30. The van der Waals surface area contributed by atoms with E-state index in [1.54, 1.807) is 55.5 Å². The summed E-state index contributed by atoms with van der Waals surface area (Å²) in [6.07, 6.45) is 9.73.